The van der Waals surface area contributed by atoms with E-state index in [4.69, 9.17) is 17.0 Å². The lowest BCUT2D eigenvalue weighted by molar-refractivity contribution is 0.413. The second-order valence-corrected chi connectivity index (χ2v) is 4.89. The Bertz CT molecular complexity index is 352. The zero-order valence-corrected chi connectivity index (χ0v) is 9.81. The highest BCUT2D eigenvalue weighted by Crippen LogP contribution is 2.18. The van der Waals surface area contributed by atoms with Crippen molar-refractivity contribution in [2.45, 2.75) is 13.0 Å². The van der Waals surface area contributed by atoms with Gasteiger partial charge >= 0.3 is 0 Å². The Morgan fingerprint density at radius 1 is 1.53 bits per heavy atom. The van der Waals surface area contributed by atoms with E-state index in [0.29, 0.717) is 10.3 Å². The van der Waals surface area contributed by atoms with Crippen molar-refractivity contribution in [1.29, 1.82) is 5.41 Å². The minimum atomic E-state index is 0.516. The van der Waals surface area contributed by atoms with Crippen LogP contribution in [-0.4, -0.2) is 27.3 Å². The molecule has 15 heavy (non-hydrogen) atoms. The number of nitrogens with zero attached hydrogens (tertiary/aromatic N) is 2. The van der Waals surface area contributed by atoms with Crippen molar-refractivity contribution in [1.82, 2.24) is 9.88 Å². The molecule has 0 aromatic carbocycles. The molecule has 1 fully saturated rings. The molecule has 0 saturated carbocycles. The monoisotopic (exact) mass is 241 g/mol. The molecular formula is C10H12ClN3S. The fourth-order valence-corrected chi connectivity index (χ4v) is 2.41. The molecule has 0 atom stereocenters. The molecule has 1 N–H and O–H groups in total. The van der Waals surface area contributed by atoms with Crippen molar-refractivity contribution in [2.75, 3.05) is 12.3 Å². The van der Waals surface area contributed by atoms with Crippen molar-refractivity contribution in [3.8, 4) is 0 Å². The Hall–Kier alpha value is -0.740. The lowest BCUT2D eigenvalue weighted by Gasteiger charge is -2.28. The molecule has 0 aliphatic carbocycles. The average Bonchev–Trinajstić information content (AvgIpc) is 2.25. The number of amidine groups is 1. The number of thioether (sulfide) groups is 1. The minimum Gasteiger partial charge on any atom is -0.347 e. The quantitative estimate of drug-likeness (QED) is 0.810. The summed E-state index contributed by atoms with van der Waals surface area (Å²) in [5.74, 6) is 1.06. The van der Waals surface area contributed by atoms with Crippen LogP contribution in [0.2, 0.25) is 5.15 Å². The van der Waals surface area contributed by atoms with Crippen molar-refractivity contribution in [3.05, 3.63) is 29.0 Å². The summed E-state index contributed by atoms with van der Waals surface area (Å²) in [5, 5.41) is 8.96. The van der Waals surface area contributed by atoms with Gasteiger partial charge in [0.25, 0.3) is 0 Å². The Morgan fingerprint density at radius 2 is 2.40 bits per heavy atom. The van der Waals surface area contributed by atoms with Crippen molar-refractivity contribution >= 4 is 28.5 Å². The highest BCUT2D eigenvalue weighted by molar-refractivity contribution is 8.13. The molecule has 1 aromatic rings. The van der Waals surface area contributed by atoms with E-state index in [-0.39, 0.29) is 0 Å². The lowest BCUT2D eigenvalue weighted by atomic mass is 10.2. The summed E-state index contributed by atoms with van der Waals surface area (Å²) in [7, 11) is 0. The maximum atomic E-state index is 7.78. The second kappa shape index (κ2) is 4.86. The molecule has 0 unspecified atom stereocenters. The van der Waals surface area contributed by atoms with Gasteiger partial charge in [0, 0.05) is 25.0 Å². The van der Waals surface area contributed by atoms with E-state index in [1.807, 2.05) is 6.07 Å². The van der Waals surface area contributed by atoms with Crippen LogP contribution in [0, 0.1) is 5.41 Å². The predicted octanol–water partition coefficient (Wildman–Crippen LogP) is 2.61. The molecule has 1 aliphatic heterocycles. The van der Waals surface area contributed by atoms with E-state index in [0.717, 1.165) is 30.8 Å². The van der Waals surface area contributed by atoms with Crippen LogP contribution in [0.5, 0.6) is 0 Å². The molecule has 80 valence electrons. The molecule has 0 amide bonds. The van der Waals surface area contributed by atoms with Gasteiger partial charge < -0.3 is 4.90 Å². The number of rotatable bonds is 2. The van der Waals surface area contributed by atoms with Crippen molar-refractivity contribution in [2.24, 2.45) is 0 Å². The van der Waals surface area contributed by atoms with Crippen LogP contribution >= 0.6 is 23.4 Å². The third-order valence-corrected chi connectivity index (χ3v) is 3.51. The third-order valence-electron chi connectivity index (χ3n) is 2.26. The van der Waals surface area contributed by atoms with Gasteiger partial charge in [-0.05, 0) is 18.1 Å². The zero-order chi connectivity index (χ0) is 10.7. The van der Waals surface area contributed by atoms with Gasteiger partial charge in [-0.15, -0.1) is 0 Å². The molecule has 1 aliphatic rings. The Morgan fingerprint density at radius 3 is 3.07 bits per heavy atom. The largest absolute Gasteiger partial charge is 0.347 e. The van der Waals surface area contributed by atoms with Crippen LogP contribution in [0.15, 0.2) is 18.3 Å². The average molecular weight is 242 g/mol. The maximum Gasteiger partial charge on any atom is 0.156 e. The van der Waals surface area contributed by atoms with Gasteiger partial charge in [0.1, 0.15) is 5.15 Å². The van der Waals surface area contributed by atoms with Crippen LogP contribution in [-0.2, 0) is 6.54 Å². The van der Waals surface area contributed by atoms with E-state index >= 15 is 0 Å². The molecule has 1 aromatic heterocycles. The van der Waals surface area contributed by atoms with E-state index in [1.54, 1.807) is 24.0 Å². The summed E-state index contributed by atoms with van der Waals surface area (Å²) in [6.07, 6.45) is 2.92. The highest BCUT2D eigenvalue weighted by atomic mass is 35.5. The predicted molar refractivity (Wildman–Crippen MR) is 64.5 cm³/mol. The SMILES string of the molecule is N=C1SCCCN1Cc1ccc(Cl)nc1. The summed E-state index contributed by atoms with van der Waals surface area (Å²) in [6, 6.07) is 3.75. The summed E-state index contributed by atoms with van der Waals surface area (Å²) in [5.41, 5.74) is 1.10. The first-order valence-corrected chi connectivity index (χ1v) is 6.19. The van der Waals surface area contributed by atoms with Crippen molar-refractivity contribution in [3.63, 3.8) is 0 Å². The normalized spacial score (nSPS) is 16.9. The smallest absolute Gasteiger partial charge is 0.156 e. The summed E-state index contributed by atoms with van der Waals surface area (Å²) < 4.78 is 0. The molecular weight excluding hydrogens is 230 g/mol. The minimum absolute atomic E-state index is 0.516. The van der Waals surface area contributed by atoms with Crippen LogP contribution in [0.3, 0.4) is 0 Å². The maximum absolute atomic E-state index is 7.78. The molecule has 0 spiro atoms. The van der Waals surface area contributed by atoms with Crippen LogP contribution < -0.4 is 0 Å². The number of aromatic nitrogens is 1. The molecule has 2 heterocycles. The first-order valence-electron chi connectivity index (χ1n) is 4.82. The van der Waals surface area contributed by atoms with Crippen LogP contribution in [0.25, 0.3) is 0 Å². The van der Waals surface area contributed by atoms with Gasteiger partial charge in [0.15, 0.2) is 5.17 Å². The fraction of sp³-hybridized carbons (Fsp3) is 0.400. The topological polar surface area (TPSA) is 40.0 Å². The first-order chi connectivity index (χ1) is 7.25. The summed E-state index contributed by atoms with van der Waals surface area (Å²) in [4.78, 5) is 6.10. The van der Waals surface area contributed by atoms with Crippen LogP contribution in [0.1, 0.15) is 12.0 Å². The van der Waals surface area contributed by atoms with Crippen LogP contribution in [0.4, 0.5) is 0 Å². The molecule has 1 saturated heterocycles. The van der Waals surface area contributed by atoms with E-state index < -0.39 is 0 Å². The number of nitrogens with one attached hydrogen (secondary N) is 1. The van der Waals surface area contributed by atoms with Gasteiger partial charge in [0.2, 0.25) is 0 Å². The molecule has 0 bridgehead atoms. The number of hydrogen-bond donors (Lipinski definition) is 1. The zero-order valence-electron chi connectivity index (χ0n) is 8.24. The molecule has 2 rings (SSSR count). The fourth-order valence-electron chi connectivity index (χ4n) is 1.49. The lowest BCUT2D eigenvalue weighted by Crippen LogP contribution is -2.32. The van der Waals surface area contributed by atoms with Gasteiger partial charge in [-0.1, -0.05) is 29.4 Å². The Labute approximate surface area is 98.3 Å². The van der Waals surface area contributed by atoms with E-state index in [1.165, 1.54) is 0 Å². The third kappa shape index (κ3) is 2.86. The van der Waals surface area contributed by atoms with Gasteiger partial charge in [-0.2, -0.15) is 0 Å². The van der Waals surface area contributed by atoms with Gasteiger partial charge in [-0.3, -0.25) is 5.41 Å². The van der Waals surface area contributed by atoms with Crippen molar-refractivity contribution < 1.29 is 0 Å². The Kier molecular flexibility index (Phi) is 3.49. The number of halogens is 1. The number of hydrogen-bond acceptors (Lipinski definition) is 3. The first kappa shape index (κ1) is 10.8. The highest BCUT2D eigenvalue weighted by Gasteiger charge is 2.15. The van der Waals surface area contributed by atoms with Gasteiger partial charge in [0.05, 0.1) is 0 Å². The standard InChI is InChI=1S/C10H12ClN3S/c11-9-3-2-8(6-13-9)7-14-4-1-5-15-10(14)12/h2-3,6,12H,1,4-5,7H2. The molecule has 5 heteroatoms. The number of pyridine rings is 1. The Balaban J connectivity index is 2.01. The summed E-state index contributed by atoms with van der Waals surface area (Å²) >= 11 is 7.32. The van der Waals surface area contributed by atoms with E-state index in [2.05, 4.69) is 9.88 Å². The second-order valence-electron chi connectivity index (χ2n) is 3.42. The summed E-state index contributed by atoms with van der Waals surface area (Å²) in [6.45, 7) is 1.73. The molecule has 3 nitrogen and oxygen atoms in total. The molecule has 0 radical (unpaired) electrons. The van der Waals surface area contributed by atoms with Gasteiger partial charge in [-0.25, -0.2) is 4.98 Å². The van der Waals surface area contributed by atoms with E-state index in [9.17, 15) is 0 Å².